The Kier molecular flexibility index (Phi) is 4.59. The smallest absolute Gasteiger partial charge is 0.222 e. The van der Waals surface area contributed by atoms with E-state index >= 15 is 0 Å². The van der Waals surface area contributed by atoms with Crippen molar-refractivity contribution in [1.82, 2.24) is 25.1 Å². The van der Waals surface area contributed by atoms with E-state index in [1.165, 1.54) is 18.5 Å². The van der Waals surface area contributed by atoms with Crippen LogP contribution in [0, 0.1) is 12.7 Å². The van der Waals surface area contributed by atoms with E-state index in [9.17, 15) is 9.18 Å². The standard InChI is InChI=1S/C17H20FN5O/c1-3-15-11(2)14-7-13(18)6-12(17(14)22-15)8-20-16(24)4-5-23-10-19-9-21-23/h6-7,9-10,22H,3-5,8H2,1-2H3,(H,20,24). The van der Waals surface area contributed by atoms with Gasteiger partial charge in [-0.3, -0.25) is 9.48 Å². The number of carbonyl (C=O) groups excluding carboxylic acids is 1. The summed E-state index contributed by atoms with van der Waals surface area (Å²) in [5, 5.41) is 7.67. The van der Waals surface area contributed by atoms with E-state index in [4.69, 9.17) is 0 Å². The minimum atomic E-state index is -0.292. The summed E-state index contributed by atoms with van der Waals surface area (Å²) in [5.41, 5.74) is 3.80. The molecule has 0 aliphatic rings. The van der Waals surface area contributed by atoms with Crippen LogP contribution in [0.25, 0.3) is 10.9 Å². The van der Waals surface area contributed by atoms with E-state index in [-0.39, 0.29) is 18.3 Å². The van der Waals surface area contributed by atoms with Crippen LogP contribution in [0.15, 0.2) is 24.8 Å². The molecule has 2 N–H and O–H groups in total. The molecule has 0 fully saturated rings. The number of halogens is 1. The molecule has 126 valence electrons. The van der Waals surface area contributed by atoms with Gasteiger partial charge in [0.25, 0.3) is 0 Å². The highest BCUT2D eigenvalue weighted by Crippen LogP contribution is 2.26. The summed E-state index contributed by atoms with van der Waals surface area (Å²) in [5.74, 6) is -0.402. The van der Waals surface area contributed by atoms with Gasteiger partial charge in [0.1, 0.15) is 18.5 Å². The van der Waals surface area contributed by atoms with Crippen molar-refractivity contribution in [2.75, 3.05) is 0 Å². The Hall–Kier alpha value is -2.70. The SMILES string of the molecule is CCc1[nH]c2c(CNC(=O)CCn3cncn3)cc(F)cc2c1C. The maximum atomic E-state index is 13.9. The van der Waals surface area contributed by atoms with Crippen molar-refractivity contribution >= 4 is 16.8 Å². The number of H-pyrrole nitrogens is 1. The molecule has 2 aromatic heterocycles. The molecule has 3 aromatic rings. The molecule has 6 nitrogen and oxygen atoms in total. The van der Waals surface area contributed by atoms with Gasteiger partial charge < -0.3 is 10.3 Å². The molecule has 0 aliphatic heterocycles. The largest absolute Gasteiger partial charge is 0.358 e. The number of aromatic amines is 1. The van der Waals surface area contributed by atoms with Crippen LogP contribution in [-0.4, -0.2) is 25.7 Å². The topological polar surface area (TPSA) is 75.6 Å². The molecule has 24 heavy (non-hydrogen) atoms. The van der Waals surface area contributed by atoms with Gasteiger partial charge in [0.05, 0.1) is 12.1 Å². The first-order chi connectivity index (χ1) is 11.6. The zero-order chi connectivity index (χ0) is 17.1. The summed E-state index contributed by atoms with van der Waals surface area (Å²) in [6, 6.07) is 3.01. The lowest BCUT2D eigenvalue weighted by Gasteiger charge is -2.07. The van der Waals surface area contributed by atoms with Gasteiger partial charge in [0.15, 0.2) is 0 Å². The Morgan fingerprint density at radius 1 is 1.42 bits per heavy atom. The quantitative estimate of drug-likeness (QED) is 0.729. The van der Waals surface area contributed by atoms with Crippen LogP contribution in [0.1, 0.15) is 30.2 Å². The van der Waals surface area contributed by atoms with E-state index in [0.29, 0.717) is 13.0 Å². The van der Waals surface area contributed by atoms with E-state index in [0.717, 1.165) is 34.1 Å². The Labute approximate surface area is 139 Å². The summed E-state index contributed by atoms with van der Waals surface area (Å²) >= 11 is 0. The molecule has 0 bridgehead atoms. The molecule has 0 saturated carbocycles. The first kappa shape index (κ1) is 16.2. The van der Waals surface area contributed by atoms with Gasteiger partial charge >= 0.3 is 0 Å². The number of hydrogen-bond acceptors (Lipinski definition) is 3. The normalized spacial score (nSPS) is 11.1. The fourth-order valence-corrected chi connectivity index (χ4v) is 2.85. The molecule has 0 atom stereocenters. The van der Waals surface area contributed by atoms with Gasteiger partial charge in [-0.25, -0.2) is 9.37 Å². The second-order valence-electron chi connectivity index (χ2n) is 5.75. The van der Waals surface area contributed by atoms with Gasteiger partial charge in [0, 0.05) is 24.0 Å². The minimum Gasteiger partial charge on any atom is -0.358 e. The molecule has 2 heterocycles. The molecule has 0 spiro atoms. The summed E-state index contributed by atoms with van der Waals surface area (Å²) < 4.78 is 15.5. The predicted molar refractivity (Wildman–Crippen MR) is 88.9 cm³/mol. The van der Waals surface area contributed by atoms with Gasteiger partial charge in [-0.2, -0.15) is 5.10 Å². The van der Waals surface area contributed by atoms with E-state index in [1.54, 1.807) is 11.0 Å². The number of carbonyl (C=O) groups is 1. The third kappa shape index (κ3) is 3.29. The molecular weight excluding hydrogens is 309 g/mol. The Morgan fingerprint density at radius 2 is 2.25 bits per heavy atom. The highest BCUT2D eigenvalue weighted by Gasteiger charge is 2.12. The molecule has 7 heteroatoms. The average Bonchev–Trinajstić information content (AvgIpc) is 3.19. The average molecular weight is 329 g/mol. The van der Waals surface area contributed by atoms with Gasteiger partial charge in [-0.1, -0.05) is 6.92 Å². The van der Waals surface area contributed by atoms with Crippen molar-refractivity contribution in [3.8, 4) is 0 Å². The summed E-state index contributed by atoms with van der Waals surface area (Å²) in [6.07, 6.45) is 4.15. The van der Waals surface area contributed by atoms with Crippen molar-refractivity contribution in [3.63, 3.8) is 0 Å². The number of rotatable bonds is 6. The molecule has 0 unspecified atom stereocenters. The predicted octanol–water partition coefficient (Wildman–Crippen LogP) is 2.48. The number of aryl methyl sites for hydroxylation is 3. The minimum absolute atomic E-state index is 0.109. The second kappa shape index (κ2) is 6.82. The molecule has 1 aromatic carbocycles. The number of amides is 1. The Balaban J connectivity index is 1.71. The highest BCUT2D eigenvalue weighted by molar-refractivity contribution is 5.87. The van der Waals surface area contributed by atoms with Crippen molar-refractivity contribution in [2.24, 2.45) is 0 Å². The van der Waals surface area contributed by atoms with Crippen LogP contribution >= 0.6 is 0 Å². The zero-order valence-electron chi connectivity index (χ0n) is 13.8. The number of benzene rings is 1. The Bertz CT molecular complexity index is 854. The van der Waals surface area contributed by atoms with Gasteiger partial charge in [0.2, 0.25) is 5.91 Å². The van der Waals surface area contributed by atoms with Crippen molar-refractivity contribution in [1.29, 1.82) is 0 Å². The lowest BCUT2D eigenvalue weighted by molar-refractivity contribution is -0.121. The maximum Gasteiger partial charge on any atom is 0.222 e. The number of hydrogen-bond donors (Lipinski definition) is 2. The van der Waals surface area contributed by atoms with Gasteiger partial charge in [-0.05, 0) is 36.6 Å². The van der Waals surface area contributed by atoms with Crippen LogP contribution in [0.4, 0.5) is 4.39 Å². The lowest BCUT2D eigenvalue weighted by Crippen LogP contribution is -2.24. The van der Waals surface area contributed by atoms with Crippen LogP contribution < -0.4 is 5.32 Å². The monoisotopic (exact) mass is 329 g/mol. The number of aromatic nitrogens is 4. The van der Waals surface area contributed by atoms with E-state index in [1.807, 2.05) is 6.92 Å². The summed E-state index contributed by atoms with van der Waals surface area (Å²) in [4.78, 5) is 19.2. The number of nitrogens with zero attached hydrogens (tertiary/aromatic N) is 3. The highest BCUT2D eigenvalue weighted by atomic mass is 19.1. The molecule has 0 aliphatic carbocycles. The molecule has 0 saturated heterocycles. The van der Waals surface area contributed by atoms with Crippen LogP contribution in [-0.2, 0) is 24.3 Å². The fraction of sp³-hybridized carbons (Fsp3) is 0.353. The Morgan fingerprint density at radius 3 is 2.96 bits per heavy atom. The number of nitrogens with one attached hydrogen (secondary N) is 2. The maximum absolute atomic E-state index is 13.9. The first-order valence-electron chi connectivity index (χ1n) is 7.97. The molecule has 3 rings (SSSR count). The van der Waals surface area contributed by atoms with Crippen LogP contribution in [0.5, 0.6) is 0 Å². The van der Waals surface area contributed by atoms with Gasteiger partial charge in [-0.15, -0.1) is 0 Å². The zero-order valence-corrected chi connectivity index (χ0v) is 13.8. The summed E-state index contributed by atoms with van der Waals surface area (Å²) in [6.45, 7) is 4.79. The van der Waals surface area contributed by atoms with Crippen molar-refractivity contribution in [3.05, 3.63) is 47.4 Å². The third-order valence-electron chi connectivity index (χ3n) is 4.18. The van der Waals surface area contributed by atoms with Crippen LogP contribution in [0.3, 0.4) is 0 Å². The van der Waals surface area contributed by atoms with E-state index in [2.05, 4.69) is 27.3 Å². The lowest BCUT2D eigenvalue weighted by atomic mass is 10.1. The van der Waals surface area contributed by atoms with Crippen molar-refractivity contribution in [2.45, 2.75) is 39.8 Å². The molecule has 1 amide bonds. The molecular formula is C17H20FN5O. The first-order valence-corrected chi connectivity index (χ1v) is 7.97. The van der Waals surface area contributed by atoms with Crippen molar-refractivity contribution < 1.29 is 9.18 Å². The summed E-state index contributed by atoms with van der Waals surface area (Å²) in [7, 11) is 0. The third-order valence-corrected chi connectivity index (χ3v) is 4.18. The number of fused-ring (bicyclic) bond motifs is 1. The fourth-order valence-electron chi connectivity index (χ4n) is 2.85. The molecule has 0 radical (unpaired) electrons. The van der Waals surface area contributed by atoms with Crippen LogP contribution in [0.2, 0.25) is 0 Å². The second-order valence-corrected chi connectivity index (χ2v) is 5.75. The van der Waals surface area contributed by atoms with E-state index < -0.39 is 0 Å².